The van der Waals surface area contributed by atoms with Gasteiger partial charge in [-0.15, -0.1) is 0 Å². The summed E-state index contributed by atoms with van der Waals surface area (Å²) < 4.78 is 44.8. The Bertz CT molecular complexity index is 1060. The lowest BCUT2D eigenvalue weighted by molar-refractivity contribution is 0.0732. The molecule has 5 nitrogen and oxygen atoms in total. The number of ether oxygens (including phenoxy) is 1. The fourth-order valence-corrected chi connectivity index (χ4v) is 7.27. The maximum absolute atomic E-state index is 12.8. The van der Waals surface area contributed by atoms with Crippen molar-refractivity contribution >= 4 is 106 Å². The molecular weight excluding hydrogens is 848 g/mol. The van der Waals surface area contributed by atoms with E-state index < -0.39 is 16.1 Å². The molecule has 0 aromatic heterocycles. The first-order chi connectivity index (χ1) is 13.6. The van der Waals surface area contributed by atoms with Crippen LogP contribution in [0.5, 0.6) is 5.75 Å². The minimum atomic E-state index is -4.61. The number of halogens is 4. The molecular formula is C19H15I4O5S-. The maximum atomic E-state index is 12.8. The lowest BCUT2D eigenvalue weighted by Crippen LogP contribution is -2.15. The molecule has 0 heterocycles. The fraction of sp³-hybridized carbons (Fsp3) is 0.316. The van der Waals surface area contributed by atoms with E-state index in [-0.39, 0.29) is 16.4 Å². The van der Waals surface area contributed by atoms with Gasteiger partial charge in [-0.3, -0.25) is 0 Å². The second-order valence-corrected chi connectivity index (χ2v) is 12.5. The van der Waals surface area contributed by atoms with E-state index in [0.29, 0.717) is 11.3 Å². The molecule has 29 heavy (non-hydrogen) atoms. The number of rotatable bonds is 4. The minimum Gasteiger partial charge on any atom is -0.744 e. The Morgan fingerprint density at radius 2 is 1.62 bits per heavy atom. The maximum Gasteiger partial charge on any atom is 0.343 e. The molecule has 1 aliphatic rings. The number of carbonyl (C=O) groups excluding carboxylic acids is 1. The van der Waals surface area contributed by atoms with E-state index in [1.807, 2.05) is 6.07 Å². The van der Waals surface area contributed by atoms with Gasteiger partial charge in [0.15, 0.2) is 0 Å². The Kier molecular flexibility index (Phi) is 8.51. The Hall–Kier alpha value is 0.740. The molecule has 156 valence electrons. The molecule has 0 amide bonds. The highest BCUT2D eigenvalue weighted by atomic mass is 127. The first-order valence-corrected chi connectivity index (χ1v) is 14.5. The van der Waals surface area contributed by atoms with Crippen LogP contribution in [0.4, 0.5) is 0 Å². The largest absolute Gasteiger partial charge is 0.744 e. The third-order valence-corrected chi connectivity index (χ3v) is 13.0. The van der Waals surface area contributed by atoms with Crippen molar-refractivity contribution in [3.05, 3.63) is 49.7 Å². The predicted molar refractivity (Wildman–Crippen MR) is 142 cm³/mol. The van der Waals surface area contributed by atoms with Crippen LogP contribution in [0, 0.1) is 14.3 Å². The minimum absolute atomic E-state index is 0.0319. The molecule has 0 saturated heterocycles. The van der Waals surface area contributed by atoms with Gasteiger partial charge in [-0.2, -0.15) is 0 Å². The van der Waals surface area contributed by atoms with Gasteiger partial charge in [-0.1, -0.05) is 19.3 Å². The van der Waals surface area contributed by atoms with E-state index in [9.17, 15) is 17.8 Å². The third-order valence-electron chi connectivity index (χ3n) is 4.83. The van der Waals surface area contributed by atoms with Gasteiger partial charge in [-0.05, 0) is 139 Å². The molecule has 0 aliphatic heterocycles. The van der Waals surface area contributed by atoms with Crippen molar-refractivity contribution in [3.63, 3.8) is 0 Å². The third kappa shape index (κ3) is 5.76. The summed E-state index contributed by atoms with van der Waals surface area (Å²) in [5.41, 5.74) is 0.688. The molecule has 0 spiro atoms. The van der Waals surface area contributed by atoms with Crippen LogP contribution >= 0.6 is 90.4 Å². The van der Waals surface area contributed by atoms with Gasteiger partial charge in [-0.25, -0.2) is 13.2 Å². The number of benzene rings is 2. The van der Waals surface area contributed by atoms with Crippen LogP contribution in [0.1, 0.15) is 53.9 Å². The highest BCUT2D eigenvalue weighted by molar-refractivity contribution is 14.1. The number of hydrogen-bond donors (Lipinski definition) is 0. The normalized spacial score (nSPS) is 15.3. The smallest absolute Gasteiger partial charge is 0.343 e. The van der Waals surface area contributed by atoms with Crippen LogP contribution in [-0.2, 0) is 10.1 Å². The molecule has 3 rings (SSSR count). The molecule has 10 heteroatoms. The molecule has 2 aromatic carbocycles. The molecule has 0 unspecified atom stereocenters. The topological polar surface area (TPSA) is 83.5 Å². The van der Waals surface area contributed by atoms with Crippen LogP contribution in [-0.4, -0.2) is 18.9 Å². The Morgan fingerprint density at radius 1 is 0.966 bits per heavy atom. The van der Waals surface area contributed by atoms with Crippen molar-refractivity contribution in [1.82, 2.24) is 0 Å². The van der Waals surface area contributed by atoms with Crippen molar-refractivity contribution in [2.75, 3.05) is 0 Å². The van der Waals surface area contributed by atoms with Crippen molar-refractivity contribution in [3.8, 4) is 5.75 Å². The standard InChI is InChI=1S/C19H16I4O5S/c20-13-9-14(17(22)18(23)16(13)21)28-19(24)11-6-7-15(29(25,26)27)12(8-11)10-4-2-1-3-5-10/h6-10H,1-5H2,(H,25,26,27)/p-1. The summed E-state index contributed by atoms with van der Waals surface area (Å²) in [4.78, 5) is 12.6. The summed E-state index contributed by atoms with van der Waals surface area (Å²) in [6.07, 6.45) is 4.68. The zero-order valence-electron chi connectivity index (χ0n) is 14.9. The second kappa shape index (κ2) is 10.1. The lowest BCUT2D eigenvalue weighted by atomic mass is 9.83. The zero-order valence-corrected chi connectivity index (χ0v) is 24.3. The highest BCUT2D eigenvalue weighted by Gasteiger charge is 2.24. The average molecular weight is 863 g/mol. The van der Waals surface area contributed by atoms with E-state index in [2.05, 4.69) is 90.4 Å². The van der Waals surface area contributed by atoms with Crippen LogP contribution in [0.15, 0.2) is 29.2 Å². The van der Waals surface area contributed by atoms with Gasteiger partial charge < -0.3 is 9.29 Å². The summed E-state index contributed by atoms with van der Waals surface area (Å²) in [7, 11) is -4.61. The van der Waals surface area contributed by atoms with Gasteiger partial charge >= 0.3 is 5.97 Å². The predicted octanol–water partition coefficient (Wildman–Crippen LogP) is 6.28. The van der Waals surface area contributed by atoms with Gasteiger partial charge in [0.2, 0.25) is 0 Å². The molecule has 1 aliphatic carbocycles. The summed E-state index contributed by atoms with van der Waals surface area (Å²) in [6.45, 7) is 0. The van der Waals surface area contributed by atoms with E-state index >= 15 is 0 Å². The van der Waals surface area contributed by atoms with E-state index in [4.69, 9.17) is 4.74 Å². The summed E-state index contributed by atoms with van der Waals surface area (Å²) in [5, 5.41) is 0. The molecule has 0 N–H and O–H groups in total. The summed E-state index contributed by atoms with van der Waals surface area (Å²) >= 11 is 8.80. The summed E-state index contributed by atoms with van der Waals surface area (Å²) in [5.74, 6) is -0.136. The van der Waals surface area contributed by atoms with Crippen molar-refractivity contribution in [1.29, 1.82) is 0 Å². The SMILES string of the molecule is O=C(Oc1cc(I)c(I)c(I)c1I)c1ccc(S(=O)(=O)[O-])c(C2CCCCC2)c1. The van der Waals surface area contributed by atoms with Gasteiger partial charge in [0.05, 0.1) is 14.0 Å². The summed E-state index contributed by atoms with van der Waals surface area (Å²) in [6, 6.07) is 5.94. The quantitative estimate of drug-likeness (QED) is 0.0905. The van der Waals surface area contributed by atoms with E-state index in [1.165, 1.54) is 18.2 Å². The molecule has 0 radical (unpaired) electrons. The number of hydrogen-bond acceptors (Lipinski definition) is 5. The highest BCUT2D eigenvalue weighted by Crippen LogP contribution is 2.37. The van der Waals surface area contributed by atoms with E-state index in [1.54, 1.807) is 0 Å². The van der Waals surface area contributed by atoms with Crippen molar-refractivity contribution in [2.24, 2.45) is 0 Å². The van der Waals surface area contributed by atoms with Crippen LogP contribution in [0.25, 0.3) is 0 Å². The average Bonchev–Trinajstić information content (AvgIpc) is 2.70. The molecule has 1 saturated carbocycles. The first kappa shape index (κ1) is 24.4. The molecule has 2 aromatic rings. The van der Waals surface area contributed by atoms with Crippen molar-refractivity contribution < 1.29 is 22.5 Å². The molecule has 0 bridgehead atoms. The van der Waals surface area contributed by atoms with Crippen LogP contribution in [0.2, 0.25) is 0 Å². The van der Waals surface area contributed by atoms with E-state index in [0.717, 1.165) is 46.4 Å². The van der Waals surface area contributed by atoms with Gasteiger partial charge in [0.25, 0.3) is 0 Å². The van der Waals surface area contributed by atoms with Crippen molar-refractivity contribution in [2.45, 2.75) is 42.9 Å². The Labute approximate surface area is 224 Å². The van der Waals surface area contributed by atoms with Crippen LogP contribution in [0.3, 0.4) is 0 Å². The van der Waals surface area contributed by atoms with Crippen LogP contribution < -0.4 is 4.74 Å². The Balaban J connectivity index is 1.98. The molecule has 1 fully saturated rings. The van der Waals surface area contributed by atoms with Gasteiger partial charge in [0.1, 0.15) is 15.9 Å². The fourth-order valence-electron chi connectivity index (χ4n) is 3.42. The number of carbonyl (C=O) groups is 1. The molecule has 0 atom stereocenters. The Morgan fingerprint density at radius 3 is 2.24 bits per heavy atom. The zero-order chi connectivity index (χ0) is 21.3. The van der Waals surface area contributed by atoms with Gasteiger partial charge in [0, 0.05) is 10.7 Å². The lowest BCUT2D eigenvalue weighted by Gasteiger charge is -2.25. The monoisotopic (exact) mass is 863 g/mol. The number of esters is 1. The second-order valence-electron chi connectivity index (χ2n) is 6.73. The first-order valence-electron chi connectivity index (χ1n) is 8.74.